The van der Waals surface area contributed by atoms with Gasteiger partial charge in [-0.05, 0) is 18.2 Å². The maximum absolute atomic E-state index is 10.1. The van der Waals surface area contributed by atoms with E-state index >= 15 is 0 Å². The number of nitrogen functional groups attached to an aromatic ring is 1. The number of hydrogen-bond donors (Lipinski definition) is 2. The number of aliphatic hydroxyl groups excluding tert-OH is 1. The number of aromatic nitrogens is 1. The van der Waals surface area contributed by atoms with E-state index in [1.807, 2.05) is 18.2 Å². The van der Waals surface area contributed by atoms with Crippen molar-refractivity contribution in [2.75, 3.05) is 11.5 Å². The minimum atomic E-state index is -0.630. The molecule has 1 atom stereocenters. The van der Waals surface area contributed by atoms with E-state index in [0.29, 0.717) is 21.5 Å². The Morgan fingerprint density at radius 2 is 2.06 bits per heavy atom. The molecule has 3 nitrogen and oxygen atoms in total. The Labute approximate surface area is 115 Å². The Morgan fingerprint density at radius 3 is 2.78 bits per heavy atom. The van der Waals surface area contributed by atoms with Crippen LogP contribution >= 0.6 is 23.4 Å². The highest BCUT2D eigenvalue weighted by Crippen LogP contribution is 2.29. The summed E-state index contributed by atoms with van der Waals surface area (Å²) in [4.78, 5) is 4.15. The lowest BCUT2D eigenvalue weighted by Crippen LogP contribution is -2.04. The van der Waals surface area contributed by atoms with Gasteiger partial charge in [-0.1, -0.05) is 29.8 Å². The van der Waals surface area contributed by atoms with E-state index < -0.39 is 6.10 Å². The molecule has 0 aliphatic rings. The first-order valence-electron chi connectivity index (χ1n) is 5.44. The van der Waals surface area contributed by atoms with Crippen molar-refractivity contribution in [3.05, 3.63) is 53.2 Å². The zero-order chi connectivity index (χ0) is 13.0. The monoisotopic (exact) mass is 280 g/mol. The quantitative estimate of drug-likeness (QED) is 0.667. The number of anilines is 1. The molecule has 0 saturated carbocycles. The number of aliphatic hydroxyl groups is 1. The Hall–Kier alpha value is -1.23. The summed E-state index contributed by atoms with van der Waals surface area (Å²) in [7, 11) is 0. The lowest BCUT2D eigenvalue weighted by Gasteiger charge is -2.12. The van der Waals surface area contributed by atoms with E-state index in [4.69, 9.17) is 17.3 Å². The Bertz CT molecular complexity index is 536. The maximum Gasteiger partial charge on any atom is 0.115 e. The fourth-order valence-electron chi connectivity index (χ4n) is 1.54. The highest BCUT2D eigenvalue weighted by Gasteiger charge is 2.12. The average molecular weight is 281 g/mol. The molecule has 0 bridgehead atoms. The number of nitrogens with zero attached hydrogens (tertiary/aromatic N) is 1. The standard InChI is InChI=1S/C13H13ClN2OS/c14-10-5-3-7-16-13(10)18-8-12(17)9-4-1-2-6-11(9)15/h1-7,12,17H,8,15H2. The molecule has 94 valence electrons. The number of nitrogens with two attached hydrogens (primary N) is 1. The molecule has 0 amide bonds. The molecule has 0 spiro atoms. The van der Waals surface area contributed by atoms with E-state index in [9.17, 15) is 5.11 Å². The molecule has 0 aliphatic carbocycles. The largest absolute Gasteiger partial charge is 0.398 e. The van der Waals surface area contributed by atoms with Crippen molar-refractivity contribution in [3.63, 3.8) is 0 Å². The zero-order valence-electron chi connectivity index (χ0n) is 9.58. The highest BCUT2D eigenvalue weighted by atomic mass is 35.5. The third-order valence-corrected chi connectivity index (χ3v) is 3.96. The predicted octanol–water partition coefficient (Wildman–Crippen LogP) is 3.14. The van der Waals surface area contributed by atoms with E-state index in [1.165, 1.54) is 11.8 Å². The van der Waals surface area contributed by atoms with Crippen molar-refractivity contribution in [2.45, 2.75) is 11.1 Å². The highest BCUT2D eigenvalue weighted by molar-refractivity contribution is 7.99. The maximum atomic E-state index is 10.1. The van der Waals surface area contributed by atoms with Gasteiger partial charge in [0.1, 0.15) is 5.03 Å². The van der Waals surface area contributed by atoms with E-state index in [1.54, 1.807) is 24.4 Å². The summed E-state index contributed by atoms with van der Waals surface area (Å²) in [6, 6.07) is 10.8. The molecule has 0 aliphatic heterocycles. The van der Waals surface area contributed by atoms with Crippen molar-refractivity contribution in [2.24, 2.45) is 0 Å². The second-order valence-corrected chi connectivity index (χ2v) is 5.16. The fraction of sp³-hybridized carbons (Fsp3) is 0.154. The third-order valence-electron chi connectivity index (χ3n) is 2.46. The van der Waals surface area contributed by atoms with Gasteiger partial charge in [0.05, 0.1) is 11.1 Å². The van der Waals surface area contributed by atoms with Crippen molar-refractivity contribution >= 4 is 29.1 Å². The number of thioether (sulfide) groups is 1. The average Bonchev–Trinajstić information content (AvgIpc) is 2.38. The lowest BCUT2D eigenvalue weighted by atomic mass is 10.1. The number of benzene rings is 1. The summed E-state index contributed by atoms with van der Waals surface area (Å²) in [5, 5.41) is 11.4. The molecule has 5 heteroatoms. The summed E-state index contributed by atoms with van der Waals surface area (Å²) in [5.41, 5.74) is 7.14. The first kappa shape index (κ1) is 13.2. The third kappa shape index (κ3) is 3.16. The van der Waals surface area contributed by atoms with Crippen molar-refractivity contribution in [1.82, 2.24) is 4.98 Å². The molecule has 1 unspecified atom stereocenters. The number of hydrogen-bond acceptors (Lipinski definition) is 4. The molecule has 18 heavy (non-hydrogen) atoms. The topological polar surface area (TPSA) is 59.1 Å². The van der Waals surface area contributed by atoms with Crippen molar-refractivity contribution < 1.29 is 5.11 Å². The van der Waals surface area contributed by atoms with E-state index in [2.05, 4.69) is 4.98 Å². The summed E-state index contributed by atoms with van der Waals surface area (Å²) >= 11 is 7.41. The van der Waals surface area contributed by atoms with E-state index in [0.717, 1.165) is 5.56 Å². The molecule has 1 heterocycles. The number of para-hydroxylation sites is 1. The minimum absolute atomic E-state index is 0.463. The van der Waals surface area contributed by atoms with Crippen LogP contribution in [0.15, 0.2) is 47.6 Å². The molecule has 0 radical (unpaired) electrons. The van der Waals surface area contributed by atoms with Gasteiger partial charge in [-0.15, -0.1) is 11.8 Å². The Morgan fingerprint density at radius 1 is 1.28 bits per heavy atom. The van der Waals surface area contributed by atoms with Gasteiger partial charge in [0.25, 0.3) is 0 Å². The number of rotatable bonds is 4. The van der Waals surface area contributed by atoms with Crippen LogP contribution in [-0.4, -0.2) is 15.8 Å². The lowest BCUT2D eigenvalue weighted by molar-refractivity contribution is 0.205. The van der Waals surface area contributed by atoms with Gasteiger partial charge in [0, 0.05) is 23.2 Å². The molecular formula is C13H13ClN2OS. The molecular weight excluding hydrogens is 268 g/mol. The Balaban J connectivity index is 2.03. The summed E-state index contributed by atoms with van der Waals surface area (Å²) < 4.78 is 0. The first-order valence-corrected chi connectivity index (χ1v) is 6.80. The van der Waals surface area contributed by atoms with Crippen LogP contribution in [0.1, 0.15) is 11.7 Å². The molecule has 0 fully saturated rings. The first-order chi connectivity index (χ1) is 8.68. The molecule has 0 saturated heterocycles. The van der Waals surface area contributed by atoms with Gasteiger partial charge in [-0.3, -0.25) is 0 Å². The number of halogens is 1. The molecule has 1 aromatic carbocycles. The van der Waals surface area contributed by atoms with Gasteiger partial charge in [0.15, 0.2) is 0 Å². The minimum Gasteiger partial charge on any atom is -0.398 e. The van der Waals surface area contributed by atoms with Gasteiger partial charge in [0.2, 0.25) is 0 Å². The SMILES string of the molecule is Nc1ccccc1C(O)CSc1ncccc1Cl. The second kappa shape index (κ2) is 6.09. The fourth-order valence-corrected chi connectivity index (χ4v) is 2.66. The normalized spacial score (nSPS) is 12.3. The smallest absolute Gasteiger partial charge is 0.115 e. The molecule has 1 aromatic heterocycles. The van der Waals surface area contributed by atoms with Crippen molar-refractivity contribution in [1.29, 1.82) is 0 Å². The summed E-state index contributed by atoms with van der Waals surface area (Å²) in [5.74, 6) is 0.463. The molecule has 2 rings (SSSR count). The van der Waals surface area contributed by atoms with E-state index in [-0.39, 0.29) is 0 Å². The van der Waals surface area contributed by atoms with Crippen LogP contribution in [0.4, 0.5) is 5.69 Å². The van der Waals surface area contributed by atoms with Crippen LogP contribution < -0.4 is 5.73 Å². The summed E-state index contributed by atoms with van der Waals surface area (Å²) in [6.07, 6.45) is 1.05. The van der Waals surface area contributed by atoms with Gasteiger partial charge in [-0.25, -0.2) is 4.98 Å². The van der Waals surface area contributed by atoms with Crippen LogP contribution in [0.5, 0.6) is 0 Å². The van der Waals surface area contributed by atoms with Crippen LogP contribution in [0.3, 0.4) is 0 Å². The zero-order valence-corrected chi connectivity index (χ0v) is 11.2. The van der Waals surface area contributed by atoms with Crippen LogP contribution in [-0.2, 0) is 0 Å². The van der Waals surface area contributed by atoms with Crippen LogP contribution in [0.2, 0.25) is 5.02 Å². The van der Waals surface area contributed by atoms with Crippen molar-refractivity contribution in [3.8, 4) is 0 Å². The summed E-state index contributed by atoms with van der Waals surface area (Å²) in [6.45, 7) is 0. The van der Waals surface area contributed by atoms with Gasteiger partial charge >= 0.3 is 0 Å². The van der Waals surface area contributed by atoms with Gasteiger partial charge < -0.3 is 10.8 Å². The van der Waals surface area contributed by atoms with Crippen LogP contribution in [0.25, 0.3) is 0 Å². The second-order valence-electron chi connectivity index (χ2n) is 3.75. The Kier molecular flexibility index (Phi) is 4.47. The van der Waals surface area contributed by atoms with Gasteiger partial charge in [-0.2, -0.15) is 0 Å². The predicted molar refractivity (Wildman–Crippen MR) is 75.8 cm³/mol. The van der Waals surface area contributed by atoms with Crippen LogP contribution in [0, 0.1) is 0 Å². The number of pyridine rings is 1. The molecule has 3 N–H and O–H groups in total. The molecule has 2 aromatic rings.